The third kappa shape index (κ3) is 4.25. The Balaban J connectivity index is 1.34. The number of rotatable bonds is 5. The lowest BCUT2D eigenvalue weighted by Gasteiger charge is -2.43. The van der Waals surface area contributed by atoms with Crippen molar-refractivity contribution in [2.24, 2.45) is 0 Å². The molecule has 2 saturated heterocycles. The van der Waals surface area contributed by atoms with Crippen LogP contribution in [0.4, 0.5) is 14.5 Å². The molecule has 0 aromatic heterocycles. The minimum Gasteiger partial charge on any atom is -0.348 e. The third-order valence-corrected chi connectivity index (χ3v) is 6.18. The van der Waals surface area contributed by atoms with E-state index < -0.39 is 23.1 Å². The van der Waals surface area contributed by atoms with Crippen molar-refractivity contribution in [2.75, 3.05) is 31.2 Å². The molecule has 1 spiro atoms. The van der Waals surface area contributed by atoms with Gasteiger partial charge in [-0.3, -0.25) is 9.59 Å². The predicted octanol–water partition coefficient (Wildman–Crippen LogP) is 2.51. The summed E-state index contributed by atoms with van der Waals surface area (Å²) in [6.45, 7) is 4.44. The Bertz CT molecular complexity index is 961. The van der Waals surface area contributed by atoms with Gasteiger partial charge in [0.1, 0.15) is 5.54 Å². The van der Waals surface area contributed by atoms with Gasteiger partial charge in [0.25, 0.3) is 5.91 Å². The first-order valence-electron chi connectivity index (χ1n) is 10.5. The summed E-state index contributed by atoms with van der Waals surface area (Å²) in [5, 5.41) is 5.83. The van der Waals surface area contributed by atoms with Crippen molar-refractivity contribution in [3.63, 3.8) is 0 Å². The van der Waals surface area contributed by atoms with Crippen LogP contribution in [0.2, 0.25) is 0 Å². The van der Waals surface area contributed by atoms with Gasteiger partial charge in [0, 0.05) is 36.9 Å². The first kappa shape index (κ1) is 21.2. The smallest absolute Gasteiger partial charge is 0.251 e. The molecule has 0 unspecified atom stereocenters. The number of halogens is 2. The van der Waals surface area contributed by atoms with Crippen LogP contribution in [0.1, 0.15) is 30.1 Å². The minimum atomic E-state index is -1.04. The molecule has 31 heavy (non-hydrogen) atoms. The van der Waals surface area contributed by atoms with Crippen LogP contribution in [-0.4, -0.2) is 54.6 Å². The molecular weight excluding hydrogens is 402 g/mol. The zero-order valence-corrected chi connectivity index (χ0v) is 17.4. The Morgan fingerprint density at radius 3 is 2.52 bits per heavy atom. The largest absolute Gasteiger partial charge is 0.348 e. The van der Waals surface area contributed by atoms with E-state index in [0.29, 0.717) is 26.1 Å². The molecule has 2 aliphatic rings. The number of nitrogens with one attached hydrogen (secondary N) is 2. The normalized spacial score (nSPS) is 19.3. The van der Waals surface area contributed by atoms with Crippen LogP contribution < -0.4 is 15.5 Å². The van der Waals surface area contributed by atoms with Crippen LogP contribution in [0.5, 0.6) is 0 Å². The van der Waals surface area contributed by atoms with E-state index in [0.717, 1.165) is 30.9 Å². The summed E-state index contributed by atoms with van der Waals surface area (Å²) in [7, 11) is 0. The van der Waals surface area contributed by atoms with Crippen LogP contribution in [0.15, 0.2) is 48.5 Å². The van der Waals surface area contributed by atoms with Crippen molar-refractivity contribution in [3.05, 3.63) is 65.7 Å². The van der Waals surface area contributed by atoms with Gasteiger partial charge in [-0.2, -0.15) is 0 Å². The SMILES string of the molecule is C[C@@H](CN1CCC2(CC1)C(=O)NCN2c1ccccc1)NC(=O)c1ccc(F)c(F)c1. The first-order valence-corrected chi connectivity index (χ1v) is 10.5. The summed E-state index contributed by atoms with van der Waals surface area (Å²) in [6, 6.07) is 12.9. The van der Waals surface area contributed by atoms with Crippen molar-refractivity contribution >= 4 is 17.5 Å². The van der Waals surface area contributed by atoms with E-state index in [1.807, 2.05) is 37.3 Å². The highest BCUT2D eigenvalue weighted by Gasteiger charge is 2.50. The van der Waals surface area contributed by atoms with Crippen molar-refractivity contribution in [1.29, 1.82) is 0 Å². The molecule has 8 heteroatoms. The van der Waals surface area contributed by atoms with E-state index in [4.69, 9.17) is 0 Å². The van der Waals surface area contributed by atoms with E-state index in [2.05, 4.69) is 20.4 Å². The molecule has 2 heterocycles. The zero-order valence-electron chi connectivity index (χ0n) is 17.4. The van der Waals surface area contributed by atoms with Gasteiger partial charge in [0.05, 0.1) is 6.67 Å². The number of para-hydroxylation sites is 1. The molecule has 2 amide bonds. The molecule has 164 valence electrons. The van der Waals surface area contributed by atoms with Gasteiger partial charge < -0.3 is 20.4 Å². The van der Waals surface area contributed by atoms with Crippen molar-refractivity contribution in [3.8, 4) is 0 Å². The molecule has 2 aromatic rings. The minimum absolute atomic E-state index is 0.0655. The Kier molecular flexibility index (Phi) is 5.91. The number of nitrogens with zero attached hydrogens (tertiary/aromatic N) is 2. The fourth-order valence-electron chi connectivity index (χ4n) is 4.52. The molecule has 6 nitrogen and oxygen atoms in total. The Labute approximate surface area is 180 Å². The molecule has 0 aliphatic carbocycles. The molecule has 0 saturated carbocycles. The first-order chi connectivity index (χ1) is 14.9. The van der Waals surface area contributed by atoms with Gasteiger partial charge >= 0.3 is 0 Å². The van der Waals surface area contributed by atoms with Crippen LogP contribution >= 0.6 is 0 Å². The number of carbonyl (C=O) groups is 2. The molecule has 1 atom stereocenters. The molecular formula is C23H26F2N4O2. The Morgan fingerprint density at radius 1 is 1.13 bits per heavy atom. The van der Waals surface area contributed by atoms with E-state index in [-0.39, 0.29) is 17.5 Å². The van der Waals surface area contributed by atoms with E-state index in [1.54, 1.807) is 0 Å². The fourth-order valence-corrected chi connectivity index (χ4v) is 4.52. The molecule has 4 rings (SSSR count). The van der Waals surface area contributed by atoms with E-state index >= 15 is 0 Å². The lowest BCUT2D eigenvalue weighted by Crippen LogP contribution is -2.57. The lowest BCUT2D eigenvalue weighted by molar-refractivity contribution is -0.125. The van der Waals surface area contributed by atoms with Gasteiger partial charge in [-0.15, -0.1) is 0 Å². The number of hydrogen-bond acceptors (Lipinski definition) is 4. The number of benzene rings is 2. The van der Waals surface area contributed by atoms with Crippen LogP contribution in [0.3, 0.4) is 0 Å². The Hall–Kier alpha value is -3.00. The summed E-state index contributed by atoms with van der Waals surface area (Å²) < 4.78 is 26.5. The number of amides is 2. The Morgan fingerprint density at radius 2 is 1.84 bits per heavy atom. The maximum absolute atomic E-state index is 13.4. The number of likely N-dealkylation sites (tertiary alicyclic amines) is 1. The van der Waals surface area contributed by atoms with Crippen LogP contribution in [0.25, 0.3) is 0 Å². The van der Waals surface area contributed by atoms with Crippen molar-refractivity contribution in [1.82, 2.24) is 15.5 Å². The number of anilines is 1. The third-order valence-electron chi connectivity index (χ3n) is 6.18. The highest BCUT2D eigenvalue weighted by Crippen LogP contribution is 2.36. The van der Waals surface area contributed by atoms with E-state index in [9.17, 15) is 18.4 Å². The van der Waals surface area contributed by atoms with Crippen LogP contribution in [-0.2, 0) is 4.79 Å². The van der Waals surface area contributed by atoms with Gasteiger partial charge in [-0.1, -0.05) is 18.2 Å². The fraction of sp³-hybridized carbons (Fsp3) is 0.391. The zero-order chi connectivity index (χ0) is 22.0. The average Bonchev–Trinajstić information content (AvgIpc) is 3.08. The van der Waals surface area contributed by atoms with Gasteiger partial charge in [-0.05, 0) is 50.1 Å². The standard InChI is InChI=1S/C23H26F2N4O2/c1-16(27-21(30)17-7-8-19(24)20(25)13-17)14-28-11-9-23(10-12-28)22(31)26-15-29(23)18-5-3-2-4-6-18/h2-8,13,16H,9-12,14-15H2,1H3,(H,26,31)(H,27,30)/t16-/m0/s1. The molecule has 0 radical (unpaired) electrons. The summed E-state index contributed by atoms with van der Waals surface area (Å²) in [6.07, 6.45) is 1.38. The topological polar surface area (TPSA) is 64.7 Å². The maximum atomic E-state index is 13.4. The molecule has 2 N–H and O–H groups in total. The summed E-state index contributed by atoms with van der Waals surface area (Å²) in [5.41, 5.74) is 0.571. The number of piperidine rings is 1. The number of hydrogen-bond donors (Lipinski definition) is 2. The maximum Gasteiger partial charge on any atom is 0.251 e. The van der Waals surface area contributed by atoms with Crippen LogP contribution in [0, 0.1) is 11.6 Å². The highest BCUT2D eigenvalue weighted by atomic mass is 19.2. The summed E-state index contributed by atoms with van der Waals surface area (Å²) >= 11 is 0. The monoisotopic (exact) mass is 428 g/mol. The predicted molar refractivity (Wildman–Crippen MR) is 114 cm³/mol. The number of carbonyl (C=O) groups excluding carboxylic acids is 2. The van der Waals surface area contributed by atoms with Gasteiger partial charge in [0.15, 0.2) is 11.6 Å². The van der Waals surface area contributed by atoms with Crippen molar-refractivity contribution < 1.29 is 18.4 Å². The van der Waals surface area contributed by atoms with Crippen molar-refractivity contribution in [2.45, 2.75) is 31.3 Å². The average molecular weight is 428 g/mol. The second kappa shape index (κ2) is 8.63. The molecule has 2 aliphatic heterocycles. The molecule has 0 bridgehead atoms. The second-order valence-electron chi connectivity index (χ2n) is 8.26. The van der Waals surface area contributed by atoms with Gasteiger partial charge in [0.2, 0.25) is 5.91 Å². The quantitative estimate of drug-likeness (QED) is 0.768. The van der Waals surface area contributed by atoms with Gasteiger partial charge in [-0.25, -0.2) is 8.78 Å². The highest BCUT2D eigenvalue weighted by molar-refractivity contribution is 5.94. The molecule has 2 fully saturated rings. The molecule has 2 aromatic carbocycles. The second-order valence-corrected chi connectivity index (χ2v) is 8.26. The lowest BCUT2D eigenvalue weighted by atomic mass is 9.85. The van der Waals surface area contributed by atoms with E-state index in [1.165, 1.54) is 6.07 Å². The summed E-state index contributed by atoms with van der Waals surface area (Å²) in [4.78, 5) is 29.4. The summed E-state index contributed by atoms with van der Waals surface area (Å²) in [5.74, 6) is -2.40.